The Bertz CT molecular complexity index is 707. The van der Waals surface area contributed by atoms with Crippen LogP contribution in [0.5, 0.6) is 0 Å². The molecule has 35 heavy (non-hydrogen) atoms. The van der Waals surface area contributed by atoms with E-state index in [0.29, 0.717) is 13.0 Å². The molecule has 2 atom stereocenters. The fraction of sp³-hybridized carbons (Fsp3) is 0.733. The molecular weight excluding hydrogens is 434 g/mol. The number of rotatable bonds is 18. The molecule has 2 amide bonds. The maximum atomic E-state index is 13.4. The van der Waals surface area contributed by atoms with E-state index in [4.69, 9.17) is 0 Å². The maximum absolute atomic E-state index is 13.4. The largest absolute Gasteiger partial charge is 0.354 e. The third-order valence-electron chi connectivity index (χ3n) is 7.35. The van der Waals surface area contributed by atoms with Crippen molar-refractivity contribution in [1.82, 2.24) is 15.1 Å². The molecule has 1 aliphatic heterocycles. The zero-order valence-corrected chi connectivity index (χ0v) is 22.8. The van der Waals surface area contributed by atoms with Crippen LogP contribution in [0, 0.1) is 0 Å². The summed E-state index contributed by atoms with van der Waals surface area (Å²) in [6.45, 7) is 3.66. The molecule has 0 aromatic heterocycles. The van der Waals surface area contributed by atoms with Crippen LogP contribution < -0.4 is 5.32 Å². The molecule has 0 saturated carbocycles. The number of hydrogen-bond acceptors (Lipinski definition) is 3. The first-order valence-electron chi connectivity index (χ1n) is 14.3. The molecule has 5 heteroatoms. The predicted octanol–water partition coefficient (Wildman–Crippen LogP) is 5.97. The number of likely N-dealkylation sites (N-methyl/N-ethyl adjacent to an activating group) is 1. The van der Waals surface area contributed by atoms with Crippen molar-refractivity contribution < 1.29 is 9.59 Å². The van der Waals surface area contributed by atoms with Crippen molar-refractivity contribution in [3.8, 4) is 0 Å². The van der Waals surface area contributed by atoms with Crippen LogP contribution in [-0.2, 0) is 16.0 Å². The molecule has 1 fully saturated rings. The molecule has 198 valence electrons. The second-order valence-electron chi connectivity index (χ2n) is 10.5. The average molecular weight is 486 g/mol. The van der Waals surface area contributed by atoms with E-state index in [2.05, 4.69) is 24.4 Å². The SMILES string of the molecule is CCCCCCCCCCCCCCNC(=O)[C@@H]1CCCN1C(=O)[C@H](Cc1ccccc1)N(C)C. The highest BCUT2D eigenvalue weighted by molar-refractivity contribution is 5.90. The van der Waals surface area contributed by atoms with Crippen LogP contribution in [0.15, 0.2) is 30.3 Å². The van der Waals surface area contributed by atoms with Gasteiger partial charge in [0.2, 0.25) is 11.8 Å². The van der Waals surface area contributed by atoms with Gasteiger partial charge in [0.25, 0.3) is 0 Å². The molecule has 2 rings (SSSR count). The monoisotopic (exact) mass is 485 g/mol. The molecule has 1 aromatic carbocycles. The quantitative estimate of drug-likeness (QED) is 0.261. The summed E-state index contributed by atoms with van der Waals surface area (Å²) in [5.74, 6) is 0.0954. The van der Waals surface area contributed by atoms with E-state index in [9.17, 15) is 9.59 Å². The molecular formula is C30H51N3O2. The maximum Gasteiger partial charge on any atom is 0.242 e. The van der Waals surface area contributed by atoms with Gasteiger partial charge in [-0.1, -0.05) is 108 Å². The number of hydrogen-bond donors (Lipinski definition) is 1. The Morgan fingerprint density at radius 3 is 2.06 bits per heavy atom. The van der Waals surface area contributed by atoms with Crippen LogP contribution in [-0.4, -0.2) is 60.9 Å². The Morgan fingerprint density at radius 1 is 0.914 bits per heavy atom. The number of nitrogens with one attached hydrogen (secondary N) is 1. The molecule has 0 bridgehead atoms. The van der Waals surface area contributed by atoms with Crippen LogP contribution in [0.25, 0.3) is 0 Å². The summed E-state index contributed by atoms with van der Waals surface area (Å²) in [5.41, 5.74) is 1.15. The van der Waals surface area contributed by atoms with Gasteiger partial charge in [-0.2, -0.15) is 0 Å². The van der Waals surface area contributed by atoms with Crippen molar-refractivity contribution in [2.45, 2.75) is 115 Å². The minimum absolute atomic E-state index is 0.0242. The van der Waals surface area contributed by atoms with E-state index in [-0.39, 0.29) is 23.9 Å². The lowest BCUT2D eigenvalue weighted by molar-refractivity contribution is -0.142. The van der Waals surface area contributed by atoms with Crippen molar-refractivity contribution >= 4 is 11.8 Å². The zero-order chi connectivity index (χ0) is 25.3. The number of carbonyl (C=O) groups is 2. The zero-order valence-electron chi connectivity index (χ0n) is 22.8. The number of benzene rings is 1. The highest BCUT2D eigenvalue weighted by Gasteiger charge is 2.37. The van der Waals surface area contributed by atoms with Crippen LogP contribution >= 0.6 is 0 Å². The van der Waals surface area contributed by atoms with E-state index in [1.807, 2.05) is 42.1 Å². The normalized spacial score (nSPS) is 16.6. The van der Waals surface area contributed by atoms with Crippen molar-refractivity contribution in [3.05, 3.63) is 35.9 Å². The molecule has 1 aromatic rings. The number of nitrogens with zero attached hydrogens (tertiary/aromatic N) is 2. The summed E-state index contributed by atoms with van der Waals surface area (Å²) in [7, 11) is 3.90. The van der Waals surface area contributed by atoms with Gasteiger partial charge in [-0.05, 0) is 45.3 Å². The summed E-state index contributed by atoms with van der Waals surface area (Å²) in [4.78, 5) is 30.1. The Labute approximate surface area is 215 Å². The van der Waals surface area contributed by atoms with Crippen LogP contribution in [0.4, 0.5) is 0 Å². The molecule has 1 heterocycles. The summed E-state index contributed by atoms with van der Waals surface area (Å²) in [6.07, 6.45) is 18.1. The fourth-order valence-electron chi connectivity index (χ4n) is 5.12. The van der Waals surface area contributed by atoms with E-state index in [1.54, 1.807) is 0 Å². The van der Waals surface area contributed by atoms with Crippen molar-refractivity contribution in [2.24, 2.45) is 0 Å². The van der Waals surface area contributed by atoms with Crippen LogP contribution in [0.3, 0.4) is 0 Å². The molecule has 1 aliphatic rings. The molecule has 0 unspecified atom stereocenters. The first-order chi connectivity index (χ1) is 17.0. The van der Waals surface area contributed by atoms with Crippen LogP contribution in [0.2, 0.25) is 0 Å². The minimum Gasteiger partial charge on any atom is -0.354 e. The summed E-state index contributed by atoms with van der Waals surface area (Å²) >= 11 is 0. The van der Waals surface area contributed by atoms with Crippen molar-refractivity contribution in [1.29, 1.82) is 0 Å². The minimum atomic E-state index is -0.321. The lowest BCUT2D eigenvalue weighted by Crippen LogP contribution is -2.52. The van der Waals surface area contributed by atoms with Crippen molar-refractivity contribution in [2.75, 3.05) is 27.2 Å². The van der Waals surface area contributed by atoms with Gasteiger partial charge in [0.15, 0.2) is 0 Å². The number of amides is 2. The van der Waals surface area contributed by atoms with E-state index < -0.39 is 0 Å². The topological polar surface area (TPSA) is 52.7 Å². The fourth-order valence-corrected chi connectivity index (χ4v) is 5.12. The van der Waals surface area contributed by atoms with Gasteiger partial charge in [0.1, 0.15) is 6.04 Å². The van der Waals surface area contributed by atoms with Crippen molar-refractivity contribution in [3.63, 3.8) is 0 Å². The second-order valence-corrected chi connectivity index (χ2v) is 10.5. The molecule has 1 N–H and O–H groups in total. The lowest BCUT2D eigenvalue weighted by Gasteiger charge is -2.31. The second kappa shape index (κ2) is 17.5. The van der Waals surface area contributed by atoms with Crippen LogP contribution in [0.1, 0.15) is 102 Å². The molecule has 0 aliphatic carbocycles. The van der Waals surface area contributed by atoms with E-state index in [1.165, 1.54) is 70.6 Å². The van der Waals surface area contributed by atoms with Gasteiger partial charge in [-0.15, -0.1) is 0 Å². The number of likely N-dealkylation sites (tertiary alicyclic amines) is 1. The van der Waals surface area contributed by atoms with E-state index in [0.717, 1.165) is 31.4 Å². The average Bonchev–Trinajstić information content (AvgIpc) is 3.35. The van der Waals surface area contributed by atoms with Gasteiger partial charge in [0, 0.05) is 13.1 Å². The smallest absolute Gasteiger partial charge is 0.242 e. The first-order valence-corrected chi connectivity index (χ1v) is 14.3. The molecule has 1 saturated heterocycles. The first kappa shape index (κ1) is 29.4. The Morgan fingerprint density at radius 2 is 1.49 bits per heavy atom. The third-order valence-corrected chi connectivity index (χ3v) is 7.35. The number of carbonyl (C=O) groups excluding carboxylic acids is 2. The summed E-state index contributed by atoms with van der Waals surface area (Å²) in [5, 5.41) is 3.12. The Balaban J connectivity index is 1.63. The Kier molecular flexibility index (Phi) is 14.7. The Hall–Kier alpha value is -1.88. The summed E-state index contributed by atoms with van der Waals surface area (Å²) in [6, 6.07) is 9.56. The summed E-state index contributed by atoms with van der Waals surface area (Å²) < 4.78 is 0. The van der Waals surface area contributed by atoms with Gasteiger partial charge in [-0.25, -0.2) is 0 Å². The van der Waals surface area contributed by atoms with Gasteiger partial charge in [0.05, 0.1) is 6.04 Å². The van der Waals surface area contributed by atoms with Gasteiger partial charge < -0.3 is 10.2 Å². The predicted molar refractivity (Wildman–Crippen MR) is 146 cm³/mol. The number of unbranched alkanes of at least 4 members (excludes halogenated alkanes) is 11. The molecule has 5 nitrogen and oxygen atoms in total. The molecule has 0 spiro atoms. The third kappa shape index (κ3) is 11.2. The molecule has 0 radical (unpaired) electrons. The lowest BCUT2D eigenvalue weighted by atomic mass is 10.0. The standard InChI is InChI=1S/C30H51N3O2/c1-4-5-6-7-8-9-10-11-12-13-14-18-23-31-29(34)27-22-19-24-33(27)30(35)28(32(2)3)25-26-20-16-15-17-21-26/h15-17,20-21,27-28H,4-14,18-19,22-25H2,1-3H3,(H,31,34)/t27-,28-/m0/s1. The highest BCUT2D eigenvalue weighted by atomic mass is 16.2. The van der Waals surface area contributed by atoms with Gasteiger partial charge >= 0.3 is 0 Å². The van der Waals surface area contributed by atoms with E-state index >= 15 is 0 Å². The van der Waals surface area contributed by atoms with Gasteiger partial charge in [-0.3, -0.25) is 14.5 Å². The highest BCUT2D eigenvalue weighted by Crippen LogP contribution is 2.21.